The van der Waals surface area contributed by atoms with E-state index < -0.39 is 5.97 Å². The van der Waals surface area contributed by atoms with Crippen LogP contribution in [0.5, 0.6) is 0 Å². The van der Waals surface area contributed by atoms with Gasteiger partial charge in [-0.15, -0.1) is 11.8 Å². The van der Waals surface area contributed by atoms with Gasteiger partial charge in [-0.3, -0.25) is 4.79 Å². The number of hydrogen-bond acceptors (Lipinski definition) is 2. The van der Waals surface area contributed by atoms with Crippen molar-refractivity contribution in [3.8, 4) is 0 Å². The van der Waals surface area contributed by atoms with Crippen molar-refractivity contribution in [1.82, 2.24) is 0 Å². The van der Waals surface area contributed by atoms with Crippen LogP contribution in [0.4, 0.5) is 0 Å². The van der Waals surface area contributed by atoms with Crippen molar-refractivity contribution in [2.24, 2.45) is 5.41 Å². The molecule has 15 heavy (non-hydrogen) atoms. The van der Waals surface area contributed by atoms with E-state index in [0.717, 1.165) is 5.75 Å². The van der Waals surface area contributed by atoms with E-state index in [4.69, 9.17) is 5.11 Å². The molecule has 0 atom stereocenters. The Hall–Kier alpha value is -0.960. The molecule has 1 rings (SSSR count). The minimum Gasteiger partial charge on any atom is -0.481 e. The highest BCUT2D eigenvalue weighted by molar-refractivity contribution is 7.99. The molecule has 1 aromatic carbocycles. The van der Waals surface area contributed by atoms with Crippen molar-refractivity contribution in [3.63, 3.8) is 0 Å². The molecule has 0 bridgehead atoms. The van der Waals surface area contributed by atoms with Crippen LogP contribution < -0.4 is 0 Å². The predicted molar refractivity (Wildman–Crippen MR) is 63.2 cm³/mol. The summed E-state index contributed by atoms with van der Waals surface area (Å²) in [4.78, 5) is 11.8. The average Bonchev–Trinajstić information content (AvgIpc) is 2.15. The van der Waals surface area contributed by atoms with Gasteiger partial charge in [-0.2, -0.15) is 0 Å². The second kappa shape index (κ2) is 5.21. The van der Waals surface area contributed by atoms with E-state index in [0.29, 0.717) is 0 Å². The summed E-state index contributed by atoms with van der Waals surface area (Å²) in [6.45, 7) is 3.97. The van der Waals surface area contributed by atoms with Gasteiger partial charge in [0.15, 0.2) is 0 Å². The summed E-state index contributed by atoms with van der Waals surface area (Å²) in [6.07, 6.45) is 0.215. The normalized spacial score (nSPS) is 11.3. The molecule has 3 heteroatoms. The largest absolute Gasteiger partial charge is 0.481 e. The SMILES string of the molecule is CC(C)(CSc1ccccc1)CC(=O)O. The van der Waals surface area contributed by atoms with Crippen LogP contribution in [0.25, 0.3) is 0 Å². The Morgan fingerprint density at radius 3 is 2.47 bits per heavy atom. The maximum absolute atomic E-state index is 10.6. The molecule has 1 N–H and O–H groups in total. The second-order valence-electron chi connectivity index (χ2n) is 4.34. The van der Waals surface area contributed by atoms with Crippen LogP contribution in [0.3, 0.4) is 0 Å². The summed E-state index contributed by atoms with van der Waals surface area (Å²) < 4.78 is 0. The van der Waals surface area contributed by atoms with Crippen molar-refractivity contribution in [3.05, 3.63) is 30.3 Å². The quantitative estimate of drug-likeness (QED) is 0.780. The third-order valence-corrected chi connectivity index (χ3v) is 3.53. The minimum absolute atomic E-state index is 0.160. The van der Waals surface area contributed by atoms with Crippen molar-refractivity contribution in [2.45, 2.75) is 25.2 Å². The van der Waals surface area contributed by atoms with Gasteiger partial charge in [-0.05, 0) is 17.5 Å². The van der Waals surface area contributed by atoms with E-state index in [1.165, 1.54) is 4.90 Å². The van der Waals surface area contributed by atoms with E-state index in [1.807, 2.05) is 44.2 Å². The van der Waals surface area contributed by atoms with E-state index in [9.17, 15) is 4.79 Å². The molecule has 0 fully saturated rings. The molecule has 0 aliphatic heterocycles. The van der Waals surface area contributed by atoms with Crippen molar-refractivity contribution in [2.75, 3.05) is 5.75 Å². The minimum atomic E-state index is -0.728. The van der Waals surface area contributed by atoms with Gasteiger partial charge in [0, 0.05) is 10.6 Å². The molecular weight excluding hydrogens is 208 g/mol. The Kier molecular flexibility index (Phi) is 4.21. The predicted octanol–water partition coefficient (Wildman–Crippen LogP) is 3.28. The van der Waals surface area contributed by atoms with E-state index in [2.05, 4.69) is 0 Å². The van der Waals surface area contributed by atoms with Gasteiger partial charge in [-0.25, -0.2) is 0 Å². The summed E-state index contributed by atoms with van der Waals surface area (Å²) in [5.74, 6) is 0.0946. The van der Waals surface area contributed by atoms with Crippen LogP contribution in [-0.2, 0) is 4.79 Å². The van der Waals surface area contributed by atoms with Crippen molar-refractivity contribution < 1.29 is 9.90 Å². The molecule has 0 radical (unpaired) electrons. The van der Waals surface area contributed by atoms with Crippen LogP contribution >= 0.6 is 11.8 Å². The first-order valence-corrected chi connectivity index (χ1v) is 5.88. The molecule has 0 unspecified atom stereocenters. The summed E-state index contributed by atoms with van der Waals surface area (Å²) in [5.41, 5.74) is -0.160. The molecule has 0 saturated carbocycles. The molecular formula is C12H16O2S. The molecule has 0 aromatic heterocycles. The number of aliphatic carboxylic acids is 1. The highest BCUT2D eigenvalue weighted by Crippen LogP contribution is 2.29. The number of carbonyl (C=O) groups is 1. The highest BCUT2D eigenvalue weighted by Gasteiger charge is 2.21. The fraction of sp³-hybridized carbons (Fsp3) is 0.417. The zero-order chi connectivity index (χ0) is 11.3. The summed E-state index contributed by atoms with van der Waals surface area (Å²) >= 11 is 1.71. The Morgan fingerprint density at radius 2 is 1.93 bits per heavy atom. The lowest BCUT2D eigenvalue weighted by Crippen LogP contribution is -2.19. The maximum Gasteiger partial charge on any atom is 0.303 e. The Morgan fingerprint density at radius 1 is 1.33 bits per heavy atom. The fourth-order valence-corrected chi connectivity index (χ4v) is 2.26. The molecule has 0 saturated heterocycles. The Bertz CT molecular complexity index is 320. The first-order chi connectivity index (χ1) is 6.99. The standard InChI is InChI=1S/C12H16O2S/c1-12(2,8-11(13)14)9-15-10-6-4-3-5-7-10/h3-7H,8-9H2,1-2H3,(H,13,14). The molecule has 0 heterocycles. The number of carboxylic acids is 1. The molecule has 0 amide bonds. The average molecular weight is 224 g/mol. The zero-order valence-electron chi connectivity index (χ0n) is 9.06. The molecule has 1 aromatic rings. The third-order valence-electron chi connectivity index (χ3n) is 2.00. The Balaban J connectivity index is 2.46. The second-order valence-corrected chi connectivity index (χ2v) is 5.39. The van der Waals surface area contributed by atoms with Crippen molar-refractivity contribution in [1.29, 1.82) is 0 Å². The van der Waals surface area contributed by atoms with Crippen LogP contribution in [0, 0.1) is 5.41 Å². The maximum atomic E-state index is 10.6. The summed E-state index contributed by atoms with van der Waals surface area (Å²) in [7, 11) is 0. The van der Waals surface area contributed by atoms with Gasteiger partial charge in [0.1, 0.15) is 0 Å². The monoisotopic (exact) mass is 224 g/mol. The number of thioether (sulfide) groups is 1. The lowest BCUT2D eigenvalue weighted by Gasteiger charge is -2.21. The fourth-order valence-electron chi connectivity index (χ4n) is 1.26. The van der Waals surface area contributed by atoms with E-state index in [-0.39, 0.29) is 11.8 Å². The lowest BCUT2D eigenvalue weighted by atomic mass is 9.92. The number of benzene rings is 1. The number of rotatable bonds is 5. The molecule has 0 aliphatic rings. The summed E-state index contributed by atoms with van der Waals surface area (Å²) in [5, 5.41) is 8.74. The molecule has 82 valence electrons. The first kappa shape index (κ1) is 12.1. The van der Waals surface area contributed by atoms with Gasteiger partial charge in [0.05, 0.1) is 6.42 Å². The number of carboxylic acid groups (broad SMARTS) is 1. The molecule has 0 aliphatic carbocycles. The highest BCUT2D eigenvalue weighted by atomic mass is 32.2. The van der Waals surface area contributed by atoms with Gasteiger partial charge in [0.25, 0.3) is 0 Å². The third kappa shape index (κ3) is 4.88. The van der Waals surface area contributed by atoms with E-state index in [1.54, 1.807) is 11.8 Å². The van der Waals surface area contributed by atoms with Gasteiger partial charge in [0.2, 0.25) is 0 Å². The summed E-state index contributed by atoms with van der Waals surface area (Å²) in [6, 6.07) is 10.1. The lowest BCUT2D eigenvalue weighted by molar-refractivity contribution is -0.138. The van der Waals surface area contributed by atoms with Crippen LogP contribution in [0.15, 0.2) is 35.2 Å². The van der Waals surface area contributed by atoms with Crippen molar-refractivity contribution >= 4 is 17.7 Å². The van der Waals surface area contributed by atoms with Crippen LogP contribution in [-0.4, -0.2) is 16.8 Å². The van der Waals surface area contributed by atoms with Crippen LogP contribution in [0.2, 0.25) is 0 Å². The zero-order valence-corrected chi connectivity index (χ0v) is 9.88. The van der Waals surface area contributed by atoms with Crippen LogP contribution in [0.1, 0.15) is 20.3 Å². The van der Waals surface area contributed by atoms with Gasteiger partial charge in [-0.1, -0.05) is 32.0 Å². The van der Waals surface area contributed by atoms with Gasteiger partial charge < -0.3 is 5.11 Å². The Labute approximate surface area is 94.7 Å². The van der Waals surface area contributed by atoms with Gasteiger partial charge >= 0.3 is 5.97 Å². The topological polar surface area (TPSA) is 37.3 Å². The molecule has 0 spiro atoms. The number of hydrogen-bond donors (Lipinski definition) is 1. The smallest absolute Gasteiger partial charge is 0.303 e. The molecule has 2 nitrogen and oxygen atoms in total. The first-order valence-electron chi connectivity index (χ1n) is 4.89. The van der Waals surface area contributed by atoms with E-state index >= 15 is 0 Å².